The van der Waals surface area contributed by atoms with E-state index >= 15 is 0 Å². The van der Waals surface area contributed by atoms with E-state index in [0.29, 0.717) is 5.92 Å². The maximum atomic E-state index is 5.96. The topological polar surface area (TPSA) is 26.0 Å². The predicted octanol–water partition coefficient (Wildman–Crippen LogP) is 4.85. The molecule has 0 rings (SSSR count). The smallest absolute Gasteiger partial charge is 0.00992 e. The number of allylic oxidation sites excluding steroid dienone is 3. The fourth-order valence-corrected chi connectivity index (χ4v) is 1.19. The van der Waals surface area contributed by atoms with Gasteiger partial charge in [-0.15, -0.1) is 6.58 Å². The molecular formula is C16H31N. The Kier molecular flexibility index (Phi) is 14.4. The van der Waals surface area contributed by atoms with Crippen LogP contribution in [-0.2, 0) is 0 Å². The SMILES string of the molecule is C=CC(C)C(N)CCC/C=C/C(=C)C.CCC. The minimum atomic E-state index is 0.255. The van der Waals surface area contributed by atoms with Crippen molar-refractivity contribution in [2.45, 2.75) is 59.4 Å². The molecule has 0 aromatic rings. The molecule has 2 atom stereocenters. The second-order valence-electron chi connectivity index (χ2n) is 4.65. The minimum Gasteiger partial charge on any atom is -0.327 e. The van der Waals surface area contributed by atoms with Crippen LogP contribution in [0.5, 0.6) is 0 Å². The molecule has 0 spiro atoms. The summed E-state index contributed by atoms with van der Waals surface area (Å²) in [6.45, 7) is 15.9. The van der Waals surface area contributed by atoms with Gasteiger partial charge in [-0.1, -0.05) is 57.6 Å². The van der Waals surface area contributed by atoms with Gasteiger partial charge in [0.2, 0.25) is 0 Å². The Bertz CT molecular complexity index is 216. The van der Waals surface area contributed by atoms with Crippen LogP contribution in [0.15, 0.2) is 37.0 Å². The van der Waals surface area contributed by atoms with Gasteiger partial charge in [-0.25, -0.2) is 0 Å². The average molecular weight is 237 g/mol. The van der Waals surface area contributed by atoms with Crippen molar-refractivity contribution < 1.29 is 0 Å². The van der Waals surface area contributed by atoms with E-state index in [1.165, 1.54) is 6.42 Å². The first-order valence-corrected chi connectivity index (χ1v) is 6.69. The van der Waals surface area contributed by atoms with Gasteiger partial charge in [0, 0.05) is 6.04 Å². The summed E-state index contributed by atoms with van der Waals surface area (Å²) in [6, 6.07) is 0.255. The highest BCUT2D eigenvalue weighted by atomic mass is 14.6. The molecule has 0 fully saturated rings. The lowest BCUT2D eigenvalue weighted by atomic mass is 9.98. The zero-order chi connectivity index (χ0) is 13.7. The Morgan fingerprint density at radius 2 is 1.88 bits per heavy atom. The lowest BCUT2D eigenvalue weighted by molar-refractivity contribution is 0.490. The largest absolute Gasteiger partial charge is 0.327 e. The van der Waals surface area contributed by atoms with E-state index < -0.39 is 0 Å². The molecule has 0 aliphatic heterocycles. The van der Waals surface area contributed by atoms with E-state index in [1.54, 1.807) is 0 Å². The fourth-order valence-electron chi connectivity index (χ4n) is 1.19. The van der Waals surface area contributed by atoms with E-state index in [1.807, 2.05) is 13.0 Å². The molecule has 0 saturated heterocycles. The van der Waals surface area contributed by atoms with Crippen molar-refractivity contribution in [1.82, 2.24) is 0 Å². The Labute approximate surface area is 108 Å². The monoisotopic (exact) mass is 237 g/mol. The summed E-state index contributed by atoms with van der Waals surface area (Å²) in [5, 5.41) is 0. The van der Waals surface area contributed by atoms with Gasteiger partial charge in [-0.3, -0.25) is 0 Å². The molecule has 1 heteroatoms. The normalized spacial score (nSPS) is 13.7. The van der Waals surface area contributed by atoms with Crippen LogP contribution >= 0.6 is 0 Å². The summed E-state index contributed by atoms with van der Waals surface area (Å²) in [4.78, 5) is 0. The first-order chi connectivity index (χ1) is 7.99. The van der Waals surface area contributed by atoms with E-state index in [9.17, 15) is 0 Å². The molecule has 0 amide bonds. The molecule has 0 aromatic carbocycles. The van der Waals surface area contributed by atoms with Crippen LogP contribution in [0.2, 0.25) is 0 Å². The molecule has 0 saturated carbocycles. The highest BCUT2D eigenvalue weighted by molar-refractivity contribution is 5.10. The van der Waals surface area contributed by atoms with Gasteiger partial charge in [0.15, 0.2) is 0 Å². The van der Waals surface area contributed by atoms with Crippen LogP contribution in [0, 0.1) is 5.92 Å². The predicted molar refractivity (Wildman–Crippen MR) is 81.1 cm³/mol. The van der Waals surface area contributed by atoms with Crippen LogP contribution in [0.4, 0.5) is 0 Å². The highest BCUT2D eigenvalue weighted by Gasteiger charge is 2.07. The fraction of sp³-hybridized carbons (Fsp3) is 0.625. The van der Waals surface area contributed by atoms with Crippen LogP contribution in [-0.4, -0.2) is 6.04 Å². The van der Waals surface area contributed by atoms with E-state index in [-0.39, 0.29) is 6.04 Å². The summed E-state index contributed by atoms with van der Waals surface area (Å²) >= 11 is 0. The minimum absolute atomic E-state index is 0.255. The molecule has 17 heavy (non-hydrogen) atoms. The maximum Gasteiger partial charge on any atom is 0.00992 e. The summed E-state index contributed by atoms with van der Waals surface area (Å²) in [7, 11) is 0. The summed E-state index contributed by atoms with van der Waals surface area (Å²) in [5.74, 6) is 0.417. The zero-order valence-electron chi connectivity index (χ0n) is 12.2. The third-order valence-electron chi connectivity index (χ3n) is 2.36. The maximum absolute atomic E-state index is 5.96. The number of nitrogens with two attached hydrogens (primary N) is 1. The number of unbranched alkanes of at least 4 members (excludes halogenated alkanes) is 1. The van der Waals surface area contributed by atoms with E-state index in [2.05, 4.69) is 46.1 Å². The van der Waals surface area contributed by atoms with Gasteiger partial charge in [0.1, 0.15) is 0 Å². The lowest BCUT2D eigenvalue weighted by Crippen LogP contribution is -2.26. The van der Waals surface area contributed by atoms with Crippen molar-refractivity contribution in [2.75, 3.05) is 0 Å². The molecule has 2 N–H and O–H groups in total. The molecule has 1 nitrogen and oxygen atoms in total. The van der Waals surface area contributed by atoms with Gasteiger partial charge < -0.3 is 5.73 Å². The van der Waals surface area contributed by atoms with Crippen molar-refractivity contribution in [3.63, 3.8) is 0 Å². The van der Waals surface area contributed by atoms with Gasteiger partial charge in [-0.05, 0) is 32.1 Å². The van der Waals surface area contributed by atoms with Gasteiger partial charge >= 0.3 is 0 Å². The Hall–Kier alpha value is -0.820. The van der Waals surface area contributed by atoms with Gasteiger partial charge in [-0.2, -0.15) is 0 Å². The molecule has 2 unspecified atom stereocenters. The molecule has 0 radical (unpaired) electrons. The molecule has 0 aliphatic carbocycles. The molecular weight excluding hydrogens is 206 g/mol. The third kappa shape index (κ3) is 15.2. The van der Waals surface area contributed by atoms with Crippen molar-refractivity contribution in [1.29, 1.82) is 0 Å². The summed E-state index contributed by atoms with van der Waals surface area (Å²) in [5.41, 5.74) is 7.06. The average Bonchev–Trinajstić information content (AvgIpc) is 2.27. The van der Waals surface area contributed by atoms with Gasteiger partial charge in [0.25, 0.3) is 0 Å². The molecule has 0 heterocycles. The number of hydrogen-bond donors (Lipinski definition) is 1. The van der Waals surface area contributed by atoms with E-state index in [0.717, 1.165) is 24.8 Å². The van der Waals surface area contributed by atoms with Gasteiger partial charge in [0.05, 0.1) is 0 Å². The molecule has 0 bridgehead atoms. The second kappa shape index (κ2) is 13.2. The summed E-state index contributed by atoms with van der Waals surface area (Å²) < 4.78 is 0. The van der Waals surface area contributed by atoms with Crippen molar-refractivity contribution >= 4 is 0 Å². The van der Waals surface area contributed by atoms with Crippen molar-refractivity contribution in [3.8, 4) is 0 Å². The third-order valence-corrected chi connectivity index (χ3v) is 2.36. The first-order valence-electron chi connectivity index (χ1n) is 6.69. The van der Waals surface area contributed by atoms with E-state index in [4.69, 9.17) is 5.73 Å². The lowest BCUT2D eigenvalue weighted by Gasteiger charge is -2.15. The van der Waals surface area contributed by atoms with Crippen molar-refractivity contribution in [2.24, 2.45) is 11.7 Å². The summed E-state index contributed by atoms with van der Waals surface area (Å²) in [6.07, 6.45) is 10.7. The number of rotatable bonds is 7. The molecule has 0 aromatic heterocycles. The van der Waals surface area contributed by atoms with Crippen LogP contribution in [0.3, 0.4) is 0 Å². The van der Waals surface area contributed by atoms with Crippen LogP contribution in [0.25, 0.3) is 0 Å². The first kappa shape index (κ1) is 18.5. The van der Waals surface area contributed by atoms with Crippen LogP contribution in [0.1, 0.15) is 53.4 Å². The quantitative estimate of drug-likeness (QED) is 0.382. The highest BCUT2D eigenvalue weighted by Crippen LogP contribution is 2.09. The Balaban J connectivity index is 0. The molecule has 0 aliphatic rings. The van der Waals surface area contributed by atoms with Crippen molar-refractivity contribution in [3.05, 3.63) is 37.0 Å². The Morgan fingerprint density at radius 3 is 2.29 bits per heavy atom. The van der Waals surface area contributed by atoms with Crippen LogP contribution < -0.4 is 5.73 Å². The Morgan fingerprint density at radius 1 is 1.35 bits per heavy atom. The standard InChI is InChI=1S/C13H23N.C3H8/c1-5-12(4)13(14)10-8-6-7-9-11(2)3;1-3-2/h5,7,9,12-13H,1-2,6,8,10,14H2,3-4H3;3H2,1-2H3/b9-7+;. The molecule has 100 valence electrons. The second-order valence-corrected chi connectivity index (χ2v) is 4.65. The number of hydrogen-bond acceptors (Lipinski definition) is 1. The zero-order valence-corrected chi connectivity index (χ0v) is 12.2.